The van der Waals surface area contributed by atoms with Gasteiger partial charge in [0.1, 0.15) is 6.10 Å². The van der Waals surface area contributed by atoms with Crippen LogP contribution in [0.5, 0.6) is 0 Å². The summed E-state index contributed by atoms with van der Waals surface area (Å²) in [6, 6.07) is 10.2. The van der Waals surface area contributed by atoms with Crippen LogP contribution in [0.15, 0.2) is 35.5 Å². The molecule has 9 nitrogen and oxygen atoms in total. The van der Waals surface area contributed by atoms with E-state index < -0.39 is 24.2 Å². The van der Waals surface area contributed by atoms with Crippen molar-refractivity contribution in [3.05, 3.63) is 35.9 Å². The Morgan fingerprint density at radius 3 is 2.66 bits per heavy atom. The lowest BCUT2D eigenvalue weighted by Gasteiger charge is -2.17. The van der Waals surface area contributed by atoms with E-state index in [9.17, 15) is 15.3 Å². The van der Waals surface area contributed by atoms with E-state index in [1.54, 1.807) is 16.4 Å². The number of fused-ring (bicyclic) bond motifs is 1. The van der Waals surface area contributed by atoms with Crippen molar-refractivity contribution in [2.24, 2.45) is 5.92 Å². The van der Waals surface area contributed by atoms with Gasteiger partial charge >= 0.3 is 0 Å². The summed E-state index contributed by atoms with van der Waals surface area (Å²) in [7, 11) is 0. The molecule has 32 heavy (non-hydrogen) atoms. The molecule has 2 aromatic heterocycles. The first-order valence-corrected chi connectivity index (χ1v) is 12.1. The van der Waals surface area contributed by atoms with Crippen LogP contribution in [0.4, 0.5) is 5.82 Å². The molecule has 2 saturated carbocycles. The van der Waals surface area contributed by atoms with Crippen molar-refractivity contribution in [1.29, 1.82) is 0 Å². The first-order chi connectivity index (χ1) is 15.6. The molecule has 2 fully saturated rings. The average molecular weight is 457 g/mol. The van der Waals surface area contributed by atoms with Crippen molar-refractivity contribution >= 4 is 28.7 Å². The summed E-state index contributed by atoms with van der Waals surface area (Å²) in [5.41, 5.74) is 2.39. The monoisotopic (exact) mass is 456 g/mol. The Morgan fingerprint density at radius 2 is 1.94 bits per heavy atom. The number of hydrogen-bond donors (Lipinski definition) is 4. The van der Waals surface area contributed by atoms with Crippen LogP contribution in [-0.4, -0.2) is 70.9 Å². The second-order valence-electron chi connectivity index (χ2n) is 8.64. The van der Waals surface area contributed by atoms with Crippen molar-refractivity contribution in [2.45, 2.75) is 61.6 Å². The Hall–Kier alpha value is -2.27. The summed E-state index contributed by atoms with van der Waals surface area (Å²) in [4.78, 5) is 9.41. The van der Waals surface area contributed by atoms with E-state index in [2.05, 4.69) is 51.8 Å². The van der Waals surface area contributed by atoms with Gasteiger partial charge in [0.15, 0.2) is 22.1 Å². The van der Waals surface area contributed by atoms with Gasteiger partial charge in [0.2, 0.25) is 0 Å². The van der Waals surface area contributed by atoms with E-state index in [0.29, 0.717) is 34.5 Å². The highest BCUT2D eigenvalue weighted by molar-refractivity contribution is 7.99. The lowest BCUT2D eigenvalue weighted by molar-refractivity contribution is -0.00512. The van der Waals surface area contributed by atoms with Crippen LogP contribution in [0.1, 0.15) is 43.7 Å². The minimum atomic E-state index is -1.04. The fraction of sp³-hybridized carbons (Fsp3) is 0.545. The Balaban J connectivity index is 1.46. The zero-order valence-electron chi connectivity index (χ0n) is 17.9. The molecule has 0 aliphatic heterocycles. The SMILES string of the molecule is CCCSc1nc(NC2CC2c2ccccc2)c2nnn([C@@H]3C[C@H](CO)[C@@H](O)[C@H]3O)c2n1. The molecule has 2 aliphatic carbocycles. The average Bonchev–Trinajstić information content (AvgIpc) is 3.36. The summed E-state index contributed by atoms with van der Waals surface area (Å²) in [6.07, 6.45) is 0.376. The molecule has 170 valence electrons. The van der Waals surface area contributed by atoms with Gasteiger partial charge in [-0.15, -0.1) is 5.10 Å². The molecule has 2 heterocycles. The molecular formula is C22H28N6O3S. The zero-order chi connectivity index (χ0) is 22.2. The molecule has 0 spiro atoms. The fourth-order valence-electron chi connectivity index (χ4n) is 4.51. The third kappa shape index (κ3) is 3.96. The molecule has 6 atom stereocenters. The maximum absolute atomic E-state index is 10.6. The maximum atomic E-state index is 10.6. The van der Waals surface area contributed by atoms with Gasteiger partial charge in [0, 0.05) is 30.2 Å². The van der Waals surface area contributed by atoms with Gasteiger partial charge in [-0.05, 0) is 24.8 Å². The van der Waals surface area contributed by atoms with E-state index in [4.69, 9.17) is 4.98 Å². The third-order valence-corrected chi connectivity index (χ3v) is 7.45. The molecule has 10 heteroatoms. The van der Waals surface area contributed by atoms with E-state index in [1.807, 2.05) is 6.07 Å². The first-order valence-electron chi connectivity index (χ1n) is 11.1. The summed E-state index contributed by atoms with van der Waals surface area (Å²) in [5.74, 6) is 1.57. The Bertz CT molecular complexity index is 1080. The number of nitrogens with one attached hydrogen (secondary N) is 1. The van der Waals surface area contributed by atoms with E-state index >= 15 is 0 Å². The lowest BCUT2D eigenvalue weighted by Crippen LogP contribution is -2.30. The highest BCUT2D eigenvalue weighted by Crippen LogP contribution is 2.43. The smallest absolute Gasteiger partial charge is 0.191 e. The standard InChI is InChI=1S/C22H28N6O3S/c1-2-8-32-22-24-20(23-15-10-14(15)12-6-4-3-5-7-12)17-21(25-22)28(27-26-17)16-9-13(11-29)18(30)19(16)31/h3-7,13-16,18-19,29-31H,2,8-11H2,1H3,(H,23,24,25)/t13-,14?,15?,16-,18-,19+/m1/s1. The lowest BCUT2D eigenvalue weighted by atomic mass is 10.1. The predicted molar refractivity (Wildman–Crippen MR) is 122 cm³/mol. The normalized spacial score (nSPS) is 29.5. The molecule has 5 rings (SSSR count). The largest absolute Gasteiger partial charge is 0.396 e. The minimum Gasteiger partial charge on any atom is -0.396 e. The Morgan fingerprint density at radius 1 is 1.12 bits per heavy atom. The Kier molecular flexibility index (Phi) is 6.02. The number of rotatable bonds is 8. The second kappa shape index (κ2) is 8.93. The van der Waals surface area contributed by atoms with Crippen LogP contribution in [0.25, 0.3) is 11.2 Å². The molecule has 1 aromatic carbocycles. The number of benzene rings is 1. The highest BCUT2D eigenvalue weighted by atomic mass is 32.2. The number of hydrogen-bond acceptors (Lipinski definition) is 9. The molecular weight excluding hydrogens is 428 g/mol. The van der Waals surface area contributed by atoms with Crippen molar-refractivity contribution < 1.29 is 15.3 Å². The van der Waals surface area contributed by atoms with Crippen molar-refractivity contribution in [3.8, 4) is 0 Å². The highest BCUT2D eigenvalue weighted by Gasteiger charge is 2.44. The summed E-state index contributed by atoms with van der Waals surface area (Å²) < 4.78 is 1.59. The van der Waals surface area contributed by atoms with Gasteiger partial charge in [-0.1, -0.05) is 54.2 Å². The topological polar surface area (TPSA) is 129 Å². The first kappa shape index (κ1) is 21.6. The summed E-state index contributed by atoms with van der Waals surface area (Å²) in [6.45, 7) is 1.92. The maximum Gasteiger partial charge on any atom is 0.191 e. The third-order valence-electron chi connectivity index (χ3n) is 6.40. The predicted octanol–water partition coefficient (Wildman–Crippen LogP) is 1.97. The number of aromatic nitrogens is 5. The molecule has 4 N–H and O–H groups in total. The van der Waals surface area contributed by atoms with E-state index in [1.165, 1.54) is 5.56 Å². The van der Waals surface area contributed by atoms with Crippen LogP contribution in [0, 0.1) is 5.92 Å². The van der Waals surface area contributed by atoms with Gasteiger partial charge in [-0.3, -0.25) is 0 Å². The molecule has 0 amide bonds. The fourth-order valence-corrected chi connectivity index (χ4v) is 5.21. The van der Waals surface area contributed by atoms with Crippen molar-refractivity contribution in [3.63, 3.8) is 0 Å². The van der Waals surface area contributed by atoms with Crippen LogP contribution in [0.2, 0.25) is 0 Å². The van der Waals surface area contributed by atoms with Gasteiger partial charge in [-0.2, -0.15) is 0 Å². The van der Waals surface area contributed by atoms with Crippen LogP contribution >= 0.6 is 11.8 Å². The summed E-state index contributed by atoms with van der Waals surface area (Å²) >= 11 is 1.57. The number of aliphatic hydroxyl groups excluding tert-OH is 3. The van der Waals surface area contributed by atoms with Gasteiger partial charge in [0.05, 0.1) is 12.1 Å². The number of aliphatic hydroxyl groups is 3. The molecule has 2 unspecified atom stereocenters. The van der Waals surface area contributed by atoms with E-state index in [-0.39, 0.29) is 12.6 Å². The van der Waals surface area contributed by atoms with Gasteiger partial charge in [0.25, 0.3) is 0 Å². The number of anilines is 1. The number of nitrogens with zero attached hydrogens (tertiary/aromatic N) is 5. The van der Waals surface area contributed by atoms with Crippen LogP contribution in [-0.2, 0) is 0 Å². The summed E-state index contributed by atoms with van der Waals surface area (Å²) in [5, 5.41) is 43.2. The molecule has 3 aromatic rings. The van der Waals surface area contributed by atoms with Crippen molar-refractivity contribution in [2.75, 3.05) is 17.7 Å². The Labute approximate surface area is 190 Å². The number of thioether (sulfide) groups is 1. The van der Waals surface area contributed by atoms with Gasteiger partial charge < -0.3 is 20.6 Å². The zero-order valence-corrected chi connectivity index (χ0v) is 18.7. The van der Waals surface area contributed by atoms with Crippen LogP contribution < -0.4 is 5.32 Å². The second-order valence-corrected chi connectivity index (χ2v) is 9.70. The quantitative estimate of drug-likeness (QED) is 0.297. The molecule has 0 radical (unpaired) electrons. The minimum absolute atomic E-state index is 0.191. The van der Waals surface area contributed by atoms with Crippen LogP contribution in [0.3, 0.4) is 0 Å². The van der Waals surface area contributed by atoms with Crippen molar-refractivity contribution in [1.82, 2.24) is 25.0 Å². The van der Waals surface area contributed by atoms with E-state index in [0.717, 1.165) is 18.6 Å². The van der Waals surface area contributed by atoms with Gasteiger partial charge in [-0.25, -0.2) is 14.6 Å². The molecule has 2 aliphatic rings. The molecule has 0 bridgehead atoms. The molecule has 0 saturated heterocycles.